The van der Waals surface area contributed by atoms with E-state index in [1.807, 2.05) is 0 Å². The molecule has 13 N–H and O–H groups in total. The van der Waals surface area contributed by atoms with Gasteiger partial charge < -0.3 is 94.8 Å². The zero-order valence-electron chi connectivity index (χ0n) is 27.1. The molecule has 0 aliphatic carbocycles. The van der Waals surface area contributed by atoms with Gasteiger partial charge >= 0.3 is 11.3 Å². The first-order valence-corrected chi connectivity index (χ1v) is 15.9. The Kier molecular flexibility index (Phi) is 10.8. The highest BCUT2D eigenvalue weighted by Crippen LogP contribution is 2.45. The number of ether oxygens (including phenoxy) is 6. The summed E-state index contributed by atoms with van der Waals surface area (Å²) in [5, 5.41) is 134. The summed E-state index contributed by atoms with van der Waals surface area (Å²) in [7, 11) is 0. The van der Waals surface area contributed by atoms with Crippen molar-refractivity contribution in [2.24, 2.45) is 0 Å². The van der Waals surface area contributed by atoms with Gasteiger partial charge in [0.2, 0.25) is 12.0 Å². The molecule has 20 heteroatoms. The van der Waals surface area contributed by atoms with E-state index in [9.17, 15) is 66.4 Å². The summed E-state index contributed by atoms with van der Waals surface area (Å²) in [5.41, 5.74) is -0.142. The van der Waals surface area contributed by atoms with Gasteiger partial charge in [-0.3, -0.25) is 0 Å². The van der Waals surface area contributed by atoms with Gasteiger partial charge in [-0.1, -0.05) is 0 Å². The van der Waals surface area contributed by atoms with Gasteiger partial charge in [-0.25, -0.2) is 4.42 Å². The minimum Gasteiger partial charge on any atom is -0.507 e. The summed E-state index contributed by atoms with van der Waals surface area (Å²) in [6, 6.07) is 5.43. The summed E-state index contributed by atoms with van der Waals surface area (Å²) in [6.45, 7) is 0.213. The van der Waals surface area contributed by atoms with Crippen LogP contribution in [0.2, 0.25) is 0 Å². The number of fused-ring (bicyclic) bond motifs is 1. The number of hydrogen-bond acceptors (Lipinski definition) is 19. The Morgan fingerprint density at radius 1 is 0.692 bits per heavy atom. The van der Waals surface area contributed by atoms with Crippen LogP contribution in [0.4, 0.5) is 0 Å². The van der Waals surface area contributed by atoms with Gasteiger partial charge in [0.1, 0.15) is 77.9 Å². The van der Waals surface area contributed by atoms with E-state index in [-0.39, 0.29) is 33.8 Å². The molecule has 0 saturated carbocycles. The van der Waals surface area contributed by atoms with E-state index in [0.717, 1.165) is 24.3 Å². The first-order valence-electron chi connectivity index (χ1n) is 15.9. The molecule has 4 heterocycles. The molecule has 6 rings (SSSR count). The van der Waals surface area contributed by atoms with E-state index in [1.165, 1.54) is 13.0 Å². The summed E-state index contributed by atoms with van der Waals surface area (Å²) in [5.74, 6) is -3.61. The lowest BCUT2D eigenvalue weighted by Crippen LogP contribution is -2.64. The third kappa shape index (κ3) is 7.09. The standard InChI is InChI=1S/C32H38O20/c1-9-28(52-30-25(43)22(40)19(8-46-30)51-32-26(44)23(41)21(39)18(7-33)50-32)24(42)27(45)31(47-9)49-17-6-12-13(35)4-11(34)5-16(12)48-29(17)10-2-14(36)20(38)15(37)3-10/h2-6,9,18-19,21-28,30-33,39-45H,7-8H2,1H3,(H4-,34,35,36,37,38)/p+1/t9-,18+,19+,21+,22-,23-,24-,25+,26+,27+,28-,30-,31-,32-/m0/s1. The maximum absolute atomic E-state index is 11.1. The fourth-order valence-electron chi connectivity index (χ4n) is 6.14. The Labute approximate surface area is 292 Å². The Morgan fingerprint density at radius 3 is 2.02 bits per heavy atom. The van der Waals surface area contributed by atoms with Crippen LogP contribution in [0.15, 0.2) is 34.7 Å². The van der Waals surface area contributed by atoms with Crippen LogP contribution in [0.3, 0.4) is 0 Å². The SMILES string of the molecule is C[C@@H]1O[C@@H](Oc2cc3c(O)cc(O)cc3[o+]c2-c2cc(O)c(O)c(O)c2)[C@H](O)[C@H](O)[C@H]1O[C@@H]1OC[C@@H](O[C@@H]2O[C@H](CO)[C@@H](O)[C@H](O)[C@H]2O)[C@H](O)[C@H]1O. The van der Waals surface area contributed by atoms with Gasteiger partial charge in [-0.2, -0.15) is 0 Å². The molecular formula is C32H39O20+. The highest BCUT2D eigenvalue weighted by Gasteiger charge is 2.51. The van der Waals surface area contributed by atoms with Gasteiger partial charge in [-0.15, -0.1) is 0 Å². The molecule has 286 valence electrons. The lowest BCUT2D eigenvalue weighted by molar-refractivity contribution is -0.359. The van der Waals surface area contributed by atoms with Crippen LogP contribution in [0.25, 0.3) is 22.3 Å². The van der Waals surface area contributed by atoms with Crippen molar-refractivity contribution in [2.75, 3.05) is 13.2 Å². The van der Waals surface area contributed by atoms with Crippen molar-refractivity contribution in [1.82, 2.24) is 0 Å². The number of rotatable bonds is 8. The molecular weight excluding hydrogens is 704 g/mol. The minimum absolute atomic E-state index is 0.0136. The zero-order chi connectivity index (χ0) is 37.8. The smallest absolute Gasteiger partial charge is 0.402 e. The maximum atomic E-state index is 11.1. The molecule has 3 aromatic rings. The molecule has 0 spiro atoms. The van der Waals surface area contributed by atoms with Crippen molar-refractivity contribution in [3.63, 3.8) is 0 Å². The Bertz CT molecular complexity index is 1710. The molecule has 3 fully saturated rings. The normalized spacial score (nSPS) is 36.9. The average molecular weight is 744 g/mol. The van der Waals surface area contributed by atoms with Crippen LogP contribution in [0, 0.1) is 0 Å². The second kappa shape index (κ2) is 14.9. The molecule has 0 amide bonds. The van der Waals surface area contributed by atoms with Gasteiger partial charge in [0.25, 0.3) is 0 Å². The van der Waals surface area contributed by atoms with Crippen LogP contribution in [0.5, 0.6) is 34.5 Å². The summed E-state index contributed by atoms with van der Waals surface area (Å²) in [6.07, 6.45) is -22.6. The van der Waals surface area contributed by atoms with Crippen LogP contribution in [-0.2, 0) is 23.7 Å². The van der Waals surface area contributed by atoms with E-state index in [2.05, 4.69) is 0 Å². The predicted octanol–water partition coefficient (Wildman–Crippen LogP) is -2.60. The molecule has 0 bridgehead atoms. The Morgan fingerprint density at radius 2 is 1.35 bits per heavy atom. The number of aliphatic hydroxyl groups is 8. The minimum atomic E-state index is -1.88. The van der Waals surface area contributed by atoms with Gasteiger partial charge in [0.15, 0.2) is 29.8 Å². The third-order valence-corrected chi connectivity index (χ3v) is 9.05. The molecule has 1 aromatic heterocycles. The van der Waals surface area contributed by atoms with Crippen LogP contribution >= 0.6 is 0 Å². The van der Waals surface area contributed by atoms with Crippen molar-refractivity contribution in [1.29, 1.82) is 0 Å². The molecule has 14 atom stereocenters. The van der Waals surface area contributed by atoms with E-state index in [1.54, 1.807) is 0 Å². The number of hydrogen-bond donors (Lipinski definition) is 13. The predicted molar refractivity (Wildman–Crippen MR) is 167 cm³/mol. The number of aliphatic hydroxyl groups excluding tert-OH is 8. The number of phenolic OH excluding ortho intramolecular Hbond substituents is 5. The quantitative estimate of drug-likeness (QED) is 0.0831. The highest BCUT2D eigenvalue weighted by atomic mass is 16.8. The number of benzene rings is 2. The zero-order valence-corrected chi connectivity index (χ0v) is 27.1. The molecule has 3 saturated heterocycles. The van der Waals surface area contributed by atoms with Crippen LogP contribution in [0.1, 0.15) is 6.92 Å². The van der Waals surface area contributed by atoms with Gasteiger partial charge in [0, 0.05) is 24.3 Å². The van der Waals surface area contributed by atoms with Crippen molar-refractivity contribution in [3.8, 4) is 45.8 Å². The molecule has 3 aliphatic rings. The lowest BCUT2D eigenvalue weighted by atomic mass is 9.98. The van der Waals surface area contributed by atoms with Crippen molar-refractivity contribution >= 4 is 11.0 Å². The second-order valence-corrected chi connectivity index (χ2v) is 12.6. The first kappa shape index (κ1) is 37.9. The van der Waals surface area contributed by atoms with Gasteiger partial charge in [-0.05, 0) is 6.92 Å². The summed E-state index contributed by atoms with van der Waals surface area (Å²) >= 11 is 0. The molecule has 0 unspecified atom stereocenters. The fourth-order valence-corrected chi connectivity index (χ4v) is 6.14. The first-order chi connectivity index (χ1) is 24.6. The Hall–Kier alpha value is -3.87. The third-order valence-electron chi connectivity index (χ3n) is 9.05. The van der Waals surface area contributed by atoms with Crippen LogP contribution < -0.4 is 4.74 Å². The Balaban J connectivity index is 1.17. The van der Waals surface area contributed by atoms with Crippen LogP contribution in [-0.4, -0.2) is 166 Å². The van der Waals surface area contributed by atoms with E-state index in [0.29, 0.717) is 0 Å². The molecule has 52 heavy (non-hydrogen) atoms. The second-order valence-electron chi connectivity index (χ2n) is 12.6. The lowest BCUT2D eigenvalue weighted by Gasteiger charge is -2.45. The average Bonchev–Trinajstić information content (AvgIpc) is 3.10. The topological polar surface area (TPSA) is 330 Å². The van der Waals surface area contributed by atoms with Crippen molar-refractivity contribution in [3.05, 3.63) is 30.3 Å². The fraction of sp³-hybridized carbons (Fsp3) is 0.531. The molecule has 20 nitrogen and oxygen atoms in total. The van der Waals surface area contributed by atoms with Gasteiger partial charge in [0.05, 0.1) is 30.9 Å². The summed E-state index contributed by atoms with van der Waals surface area (Å²) < 4.78 is 39.6. The monoisotopic (exact) mass is 743 g/mol. The highest BCUT2D eigenvalue weighted by molar-refractivity contribution is 5.88. The van der Waals surface area contributed by atoms with E-state index in [4.69, 9.17) is 32.8 Å². The molecule has 0 radical (unpaired) electrons. The van der Waals surface area contributed by atoms with E-state index < -0.39 is 122 Å². The maximum Gasteiger partial charge on any atom is 0.402 e. The number of aromatic hydroxyl groups is 5. The number of phenols is 5. The van der Waals surface area contributed by atoms with Crippen molar-refractivity contribution < 1.29 is 99.2 Å². The largest absolute Gasteiger partial charge is 0.507 e. The van der Waals surface area contributed by atoms with E-state index >= 15 is 0 Å². The molecule has 2 aromatic carbocycles. The van der Waals surface area contributed by atoms with Crippen molar-refractivity contribution in [2.45, 2.75) is 92.9 Å². The summed E-state index contributed by atoms with van der Waals surface area (Å²) in [4.78, 5) is 0. The molecule has 3 aliphatic heterocycles.